The SMILES string of the molecule is CCC(C)(C)OS(=O)(=O)OC. The van der Waals surface area contributed by atoms with E-state index in [1.165, 1.54) is 0 Å². The van der Waals surface area contributed by atoms with E-state index in [4.69, 9.17) is 0 Å². The van der Waals surface area contributed by atoms with Gasteiger partial charge in [-0.2, -0.15) is 8.42 Å². The van der Waals surface area contributed by atoms with Crippen LogP contribution in [0.5, 0.6) is 0 Å². The highest BCUT2D eigenvalue weighted by Crippen LogP contribution is 2.16. The molecule has 0 aliphatic heterocycles. The van der Waals surface area contributed by atoms with Crippen molar-refractivity contribution in [2.75, 3.05) is 7.11 Å². The smallest absolute Gasteiger partial charge is 0.252 e. The van der Waals surface area contributed by atoms with Crippen molar-refractivity contribution >= 4 is 10.4 Å². The zero-order chi connectivity index (χ0) is 9.12. The molecule has 5 heteroatoms. The quantitative estimate of drug-likeness (QED) is 0.653. The average Bonchev–Trinajstić information content (AvgIpc) is 1.86. The van der Waals surface area contributed by atoms with E-state index in [1.807, 2.05) is 6.92 Å². The molecule has 0 spiro atoms. The molecular weight excluding hydrogens is 168 g/mol. The lowest BCUT2D eigenvalue weighted by Crippen LogP contribution is -2.27. The summed E-state index contributed by atoms with van der Waals surface area (Å²) < 4.78 is 30.3. The van der Waals surface area contributed by atoms with Gasteiger partial charge >= 0.3 is 10.4 Å². The average molecular weight is 182 g/mol. The van der Waals surface area contributed by atoms with E-state index in [-0.39, 0.29) is 0 Å². The summed E-state index contributed by atoms with van der Waals surface area (Å²) in [6.45, 7) is 5.21. The maximum atomic E-state index is 10.7. The maximum Gasteiger partial charge on any atom is 0.400 e. The first-order chi connectivity index (χ1) is 4.83. The molecule has 0 heterocycles. The van der Waals surface area contributed by atoms with Crippen molar-refractivity contribution in [3.63, 3.8) is 0 Å². The van der Waals surface area contributed by atoms with E-state index in [0.717, 1.165) is 7.11 Å². The second-order valence-electron chi connectivity index (χ2n) is 2.77. The molecule has 4 nitrogen and oxygen atoms in total. The summed E-state index contributed by atoms with van der Waals surface area (Å²) in [7, 11) is -2.72. The fraction of sp³-hybridized carbons (Fsp3) is 1.00. The summed E-state index contributed by atoms with van der Waals surface area (Å²) >= 11 is 0. The number of hydrogen-bond acceptors (Lipinski definition) is 4. The Morgan fingerprint density at radius 1 is 1.36 bits per heavy atom. The van der Waals surface area contributed by atoms with Crippen LogP contribution < -0.4 is 0 Å². The zero-order valence-electron chi connectivity index (χ0n) is 7.25. The minimum absolute atomic E-state index is 0.607. The van der Waals surface area contributed by atoms with Gasteiger partial charge in [0.05, 0.1) is 12.7 Å². The Hall–Kier alpha value is -0.130. The summed E-state index contributed by atoms with van der Waals surface area (Å²) in [4.78, 5) is 0. The van der Waals surface area contributed by atoms with Crippen LogP contribution in [0, 0.1) is 0 Å². The van der Waals surface area contributed by atoms with Crippen LogP contribution in [0.1, 0.15) is 27.2 Å². The van der Waals surface area contributed by atoms with Gasteiger partial charge in [0.2, 0.25) is 0 Å². The molecule has 0 saturated carbocycles. The Labute approximate surface area is 67.8 Å². The predicted octanol–water partition coefficient (Wildman–Crippen LogP) is 1.08. The molecule has 0 radical (unpaired) electrons. The molecule has 0 atom stereocenters. The van der Waals surface area contributed by atoms with Crippen LogP contribution in [-0.2, 0) is 18.8 Å². The van der Waals surface area contributed by atoms with Gasteiger partial charge in [-0.25, -0.2) is 4.18 Å². The molecule has 0 unspecified atom stereocenters. The lowest BCUT2D eigenvalue weighted by Gasteiger charge is -2.20. The number of hydrogen-bond donors (Lipinski definition) is 0. The monoisotopic (exact) mass is 182 g/mol. The molecular formula is C6H14O4S. The molecule has 11 heavy (non-hydrogen) atoms. The molecule has 68 valence electrons. The van der Waals surface area contributed by atoms with Gasteiger partial charge in [0.15, 0.2) is 0 Å². The largest absolute Gasteiger partial charge is 0.400 e. The fourth-order valence-corrected chi connectivity index (χ4v) is 1.11. The lowest BCUT2D eigenvalue weighted by molar-refractivity contribution is 0.0897. The maximum absolute atomic E-state index is 10.7. The highest BCUT2D eigenvalue weighted by atomic mass is 32.3. The van der Waals surface area contributed by atoms with Gasteiger partial charge in [0, 0.05) is 0 Å². The van der Waals surface area contributed by atoms with Gasteiger partial charge in [-0.1, -0.05) is 6.92 Å². The first-order valence-corrected chi connectivity index (χ1v) is 4.67. The van der Waals surface area contributed by atoms with E-state index >= 15 is 0 Å². The van der Waals surface area contributed by atoms with Crippen LogP contribution in [0.15, 0.2) is 0 Å². The molecule has 0 aromatic rings. The standard InChI is InChI=1S/C6H14O4S/c1-5-6(2,3)10-11(7,8)9-4/h5H2,1-4H3. The van der Waals surface area contributed by atoms with Crippen molar-refractivity contribution in [3.8, 4) is 0 Å². The third-order valence-electron chi connectivity index (χ3n) is 1.38. The Morgan fingerprint density at radius 3 is 2.09 bits per heavy atom. The molecule has 0 aromatic carbocycles. The van der Waals surface area contributed by atoms with Crippen molar-refractivity contribution < 1.29 is 16.8 Å². The van der Waals surface area contributed by atoms with Crippen LogP contribution in [0.4, 0.5) is 0 Å². The van der Waals surface area contributed by atoms with E-state index in [9.17, 15) is 8.42 Å². The molecule has 0 N–H and O–H groups in total. The summed E-state index contributed by atoms with van der Waals surface area (Å²) in [6, 6.07) is 0. The second kappa shape index (κ2) is 3.51. The minimum atomic E-state index is -3.79. The zero-order valence-corrected chi connectivity index (χ0v) is 8.06. The molecule has 0 amide bonds. The van der Waals surface area contributed by atoms with Crippen LogP contribution >= 0.6 is 0 Å². The van der Waals surface area contributed by atoms with Crippen molar-refractivity contribution in [1.82, 2.24) is 0 Å². The van der Waals surface area contributed by atoms with Gasteiger partial charge in [0.25, 0.3) is 0 Å². The predicted molar refractivity (Wildman–Crippen MR) is 41.4 cm³/mol. The van der Waals surface area contributed by atoms with Gasteiger partial charge < -0.3 is 0 Å². The summed E-state index contributed by atoms with van der Waals surface area (Å²) in [6.07, 6.45) is 0.607. The van der Waals surface area contributed by atoms with Crippen molar-refractivity contribution in [2.24, 2.45) is 0 Å². The summed E-state index contributed by atoms with van der Waals surface area (Å²) in [5.41, 5.74) is -0.686. The Kier molecular flexibility index (Phi) is 3.47. The van der Waals surface area contributed by atoms with Gasteiger partial charge in [-0.05, 0) is 20.3 Å². The van der Waals surface area contributed by atoms with Crippen LogP contribution in [-0.4, -0.2) is 21.1 Å². The minimum Gasteiger partial charge on any atom is -0.252 e. The van der Waals surface area contributed by atoms with Crippen molar-refractivity contribution in [2.45, 2.75) is 32.8 Å². The van der Waals surface area contributed by atoms with E-state index in [2.05, 4.69) is 8.37 Å². The fourth-order valence-electron chi connectivity index (χ4n) is 0.369. The van der Waals surface area contributed by atoms with Crippen molar-refractivity contribution in [3.05, 3.63) is 0 Å². The first kappa shape index (κ1) is 10.9. The van der Waals surface area contributed by atoms with E-state index in [0.29, 0.717) is 6.42 Å². The molecule has 0 rings (SSSR count). The molecule has 0 fully saturated rings. The Morgan fingerprint density at radius 2 is 1.82 bits per heavy atom. The molecule has 0 aliphatic rings. The topological polar surface area (TPSA) is 52.6 Å². The van der Waals surface area contributed by atoms with E-state index in [1.54, 1.807) is 13.8 Å². The van der Waals surface area contributed by atoms with Crippen LogP contribution in [0.2, 0.25) is 0 Å². The van der Waals surface area contributed by atoms with Gasteiger partial charge in [0.1, 0.15) is 0 Å². The summed E-state index contributed by atoms with van der Waals surface area (Å²) in [5.74, 6) is 0. The molecule has 0 saturated heterocycles. The van der Waals surface area contributed by atoms with Crippen molar-refractivity contribution in [1.29, 1.82) is 0 Å². The third kappa shape index (κ3) is 4.34. The Balaban J connectivity index is 4.26. The van der Waals surface area contributed by atoms with Crippen LogP contribution in [0.25, 0.3) is 0 Å². The highest BCUT2D eigenvalue weighted by molar-refractivity contribution is 7.81. The highest BCUT2D eigenvalue weighted by Gasteiger charge is 2.24. The molecule has 0 bridgehead atoms. The molecule has 0 aliphatic carbocycles. The van der Waals surface area contributed by atoms with E-state index < -0.39 is 16.0 Å². The first-order valence-electron chi connectivity index (χ1n) is 3.34. The normalized spacial score (nSPS) is 13.5. The van der Waals surface area contributed by atoms with Gasteiger partial charge in [-0.3, -0.25) is 4.18 Å². The number of rotatable bonds is 4. The van der Waals surface area contributed by atoms with Crippen LogP contribution in [0.3, 0.4) is 0 Å². The lowest BCUT2D eigenvalue weighted by atomic mass is 10.1. The third-order valence-corrected chi connectivity index (χ3v) is 2.45. The second-order valence-corrected chi connectivity index (χ2v) is 4.09. The molecule has 0 aromatic heterocycles. The Bertz CT molecular complexity index is 205. The summed E-state index contributed by atoms with van der Waals surface area (Å²) in [5, 5.41) is 0. The van der Waals surface area contributed by atoms with Gasteiger partial charge in [-0.15, -0.1) is 0 Å².